The molecule has 4 nitrogen and oxygen atoms in total. The highest BCUT2D eigenvalue weighted by Crippen LogP contribution is 2.36. The first-order valence-corrected chi connectivity index (χ1v) is 12.8. The van der Waals surface area contributed by atoms with Crippen LogP contribution in [-0.4, -0.2) is 33.9 Å². The van der Waals surface area contributed by atoms with Crippen molar-refractivity contribution < 1.29 is 4.79 Å². The van der Waals surface area contributed by atoms with E-state index in [4.69, 9.17) is 9.97 Å². The first kappa shape index (κ1) is 20.3. The van der Waals surface area contributed by atoms with Gasteiger partial charge in [0.15, 0.2) is 0 Å². The number of amides is 1. The second-order valence-corrected chi connectivity index (χ2v) is 10.1. The monoisotopic (exact) mass is 467 g/mol. The molecule has 162 valence electrons. The summed E-state index contributed by atoms with van der Waals surface area (Å²) in [5.74, 6) is 0.464. The fourth-order valence-electron chi connectivity index (χ4n) is 4.48. The van der Waals surface area contributed by atoms with Crippen LogP contribution in [0.5, 0.6) is 0 Å². The highest BCUT2D eigenvalue weighted by Gasteiger charge is 2.28. The van der Waals surface area contributed by atoms with Crippen LogP contribution in [-0.2, 0) is 0 Å². The summed E-state index contributed by atoms with van der Waals surface area (Å²) < 4.78 is 0. The van der Waals surface area contributed by atoms with Gasteiger partial charge in [-0.15, -0.1) is 22.7 Å². The SMILES string of the molecule is O=C(c1ccc2nc(-c3cccs3)c(-c3cccs3)nc2c1)N1CC[C@H](c2ccccc2)C1. The molecule has 33 heavy (non-hydrogen) atoms. The largest absolute Gasteiger partial charge is 0.338 e. The number of rotatable bonds is 4. The summed E-state index contributed by atoms with van der Waals surface area (Å²) in [5.41, 5.74) is 5.30. The van der Waals surface area contributed by atoms with Gasteiger partial charge in [0.1, 0.15) is 11.4 Å². The van der Waals surface area contributed by atoms with Crippen molar-refractivity contribution in [2.75, 3.05) is 13.1 Å². The number of likely N-dealkylation sites (tertiary alicyclic amines) is 1. The summed E-state index contributed by atoms with van der Waals surface area (Å²) in [7, 11) is 0. The van der Waals surface area contributed by atoms with Crippen molar-refractivity contribution in [3.05, 3.63) is 94.7 Å². The zero-order chi connectivity index (χ0) is 22.2. The third-order valence-electron chi connectivity index (χ3n) is 6.17. The summed E-state index contributed by atoms with van der Waals surface area (Å²) in [4.78, 5) is 27.4. The Morgan fingerprint density at radius 3 is 2.18 bits per heavy atom. The van der Waals surface area contributed by atoms with Crippen LogP contribution in [0.3, 0.4) is 0 Å². The van der Waals surface area contributed by atoms with E-state index in [0.29, 0.717) is 11.5 Å². The molecule has 0 bridgehead atoms. The second-order valence-electron chi connectivity index (χ2n) is 8.23. The Morgan fingerprint density at radius 1 is 0.818 bits per heavy atom. The number of thiophene rings is 2. The molecule has 0 radical (unpaired) electrons. The van der Waals surface area contributed by atoms with Gasteiger partial charge in [0.2, 0.25) is 0 Å². The summed E-state index contributed by atoms with van der Waals surface area (Å²) in [6.45, 7) is 1.53. The van der Waals surface area contributed by atoms with Gasteiger partial charge >= 0.3 is 0 Å². The lowest BCUT2D eigenvalue weighted by molar-refractivity contribution is 0.0791. The molecule has 0 N–H and O–H groups in total. The van der Waals surface area contributed by atoms with Crippen LogP contribution < -0.4 is 0 Å². The minimum atomic E-state index is 0.0668. The Bertz CT molecular complexity index is 1410. The zero-order valence-corrected chi connectivity index (χ0v) is 19.5. The maximum absolute atomic E-state index is 13.3. The number of nitrogens with zero attached hydrogens (tertiary/aromatic N) is 3. The normalized spacial score (nSPS) is 15.9. The average molecular weight is 468 g/mol. The number of fused-ring (bicyclic) bond motifs is 1. The fourth-order valence-corrected chi connectivity index (χ4v) is 5.91. The number of hydrogen-bond donors (Lipinski definition) is 0. The molecule has 6 rings (SSSR count). The fraction of sp³-hybridized carbons (Fsp3) is 0.148. The van der Waals surface area contributed by atoms with E-state index >= 15 is 0 Å². The highest BCUT2D eigenvalue weighted by atomic mass is 32.1. The van der Waals surface area contributed by atoms with Gasteiger partial charge in [0.25, 0.3) is 5.91 Å². The van der Waals surface area contributed by atoms with E-state index in [2.05, 4.69) is 47.2 Å². The van der Waals surface area contributed by atoms with Crippen molar-refractivity contribution in [1.29, 1.82) is 0 Å². The van der Waals surface area contributed by atoms with Gasteiger partial charge in [-0.05, 0) is 53.1 Å². The number of carbonyl (C=O) groups is 1. The van der Waals surface area contributed by atoms with Crippen LogP contribution in [0.15, 0.2) is 83.6 Å². The Labute approximate surface area is 200 Å². The van der Waals surface area contributed by atoms with Crippen LogP contribution in [0, 0.1) is 0 Å². The first-order chi connectivity index (χ1) is 16.3. The van der Waals surface area contributed by atoms with Crippen molar-refractivity contribution >= 4 is 39.6 Å². The van der Waals surface area contributed by atoms with Crippen LogP contribution >= 0.6 is 22.7 Å². The minimum Gasteiger partial charge on any atom is -0.338 e. The molecular formula is C27H21N3OS2. The van der Waals surface area contributed by atoms with Crippen molar-refractivity contribution in [3.8, 4) is 21.1 Å². The lowest BCUT2D eigenvalue weighted by Crippen LogP contribution is -2.28. The molecule has 4 heterocycles. The molecule has 1 saturated heterocycles. The van der Waals surface area contributed by atoms with Crippen molar-refractivity contribution in [2.45, 2.75) is 12.3 Å². The first-order valence-electron chi connectivity index (χ1n) is 11.0. The number of carbonyl (C=O) groups excluding carboxylic acids is 1. The smallest absolute Gasteiger partial charge is 0.253 e. The van der Waals surface area contributed by atoms with Crippen LogP contribution in [0.1, 0.15) is 28.3 Å². The van der Waals surface area contributed by atoms with Gasteiger partial charge in [-0.2, -0.15) is 0 Å². The molecule has 1 amide bonds. The molecule has 1 aliphatic heterocycles. The lowest BCUT2D eigenvalue weighted by Gasteiger charge is -2.17. The summed E-state index contributed by atoms with van der Waals surface area (Å²) in [6.07, 6.45) is 0.996. The third-order valence-corrected chi connectivity index (χ3v) is 7.92. The Hall–Kier alpha value is -3.35. The molecule has 0 aliphatic carbocycles. The van der Waals surface area contributed by atoms with Gasteiger partial charge in [0, 0.05) is 24.6 Å². The highest BCUT2D eigenvalue weighted by molar-refractivity contribution is 7.14. The third kappa shape index (κ3) is 3.86. The molecule has 1 atom stereocenters. The molecule has 1 fully saturated rings. The molecule has 0 spiro atoms. The number of aromatic nitrogens is 2. The Morgan fingerprint density at radius 2 is 1.52 bits per heavy atom. The molecule has 0 unspecified atom stereocenters. The summed E-state index contributed by atoms with van der Waals surface area (Å²) >= 11 is 3.31. The molecule has 2 aromatic carbocycles. The zero-order valence-electron chi connectivity index (χ0n) is 17.8. The summed E-state index contributed by atoms with van der Waals surface area (Å²) in [6, 6.07) is 24.4. The van der Waals surface area contributed by atoms with Crippen LogP contribution in [0.25, 0.3) is 32.2 Å². The molecular weight excluding hydrogens is 446 g/mol. The van der Waals surface area contributed by atoms with E-state index in [0.717, 1.165) is 51.7 Å². The lowest BCUT2D eigenvalue weighted by atomic mass is 9.99. The van der Waals surface area contributed by atoms with Gasteiger partial charge in [0.05, 0.1) is 20.8 Å². The van der Waals surface area contributed by atoms with Gasteiger partial charge in [-0.1, -0.05) is 42.5 Å². The number of benzene rings is 2. The quantitative estimate of drug-likeness (QED) is 0.295. The Balaban J connectivity index is 1.34. The number of hydrogen-bond acceptors (Lipinski definition) is 5. The molecule has 3 aromatic heterocycles. The van der Waals surface area contributed by atoms with Gasteiger partial charge < -0.3 is 4.90 Å². The maximum atomic E-state index is 13.3. The molecule has 5 aromatic rings. The Kier molecular flexibility index (Phi) is 5.24. The van der Waals surface area contributed by atoms with Gasteiger partial charge in [-0.3, -0.25) is 4.79 Å². The van der Waals surface area contributed by atoms with E-state index in [1.54, 1.807) is 22.7 Å². The topological polar surface area (TPSA) is 46.1 Å². The van der Waals surface area contributed by atoms with E-state index < -0.39 is 0 Å². The van der Waals surface area contributed by atoms with E-state index in [-0.39, 0.29) is 5.91 Å². The molecule has 6 heteroatoms. The minimum absolute atomic E-state index is 0.0668. The average Bonchev–Trinajstić information content (AvgIpc) is 3.65. The van der Waals surface area contributed by atoms with Crippen molar-refractivity contribution in [2.24, 2.45) is 0 Å². The molecule has 1 aliphatic rings. The van der Waals surface area contributed by atoms with Crippen molar-refractivity contribution in [3.63, 3.8) is 0 Å². The van der Waals surface area contributed by atoms with Crippen LogP contribution in [0.2, 0.25) is 0 Å². The standard InChI is InChI=1S/C27H21N3OS2/c31-27(30-13-12-20(17-30)18-6-2-1-3-7-18)19-10-11-21-22(16-19)29-26(24-9-5-15-33-24)25(28-21)23-8-4-14-32-23/h1-11,14-16,20H,12-13,17H2/t20-/m0/s1. The van der Waals surface area contributed by atoms with Crippen molar-refractivity contribution in [1.82, 2.24) is 14.9 Å². The summed E-state index contributed by atoms with van der Waals surface area (Å²) in [5, 5.41) is 4.11. The van der Waals surface area contributed by atoms with Gasteiger partial charge in [-0.25, -0.2) is 9.97 Å². The second kappa shape index (κ2) is 8.54. The maximum Gasteiger partial charge on any atom is 0.253 e. The molecule has 0 saturated carbocycles. The van der Waals surface area contributed by atoms with E-state index in [9.17, 15) is 4.79 Å². The van der Waals surface area contributed by atoms with E-state index in [1.807, 2.05) is 41.3 Å². The van der Waals surface area contributed by atoms with E-state index in [1.165, 1.54) is 5.56 Å². The van der Waals surface area contributed by atoms with Crippen LogP contribution in [0.4, 0.5) is 0 Å². The predicted octanol–water partition coefficient (Wildman–Crippen LogP) is 6.72. The predicted molar refractivity (Wildman–Crippen MR) is 136 cm³/mol.